The first kappa shape index (κ1) is 20.9. The molecule has 0 saturated heterocycles. The molecular formula is C19H18N4O6S. The molecule has 4 N–H and O–H groups in total. The summed E-state index contributed by atoms with van der Waals surface area (Å²) >= 11 is 0. The topological polar surface area (TPSA) is 151 Å². The molecular weight excluding hydrogens is 412 g/mol. The van der Waals surface area contributed by atoms with Crippen LogP contribution in [0.1, 0.15) is 16.1 Å². The molecule has 2 aromatic carbocycles. The van der Waals surface area contributed by atoms with Crippen LogP contribution in [0.25, 0.3) is 0 Å². The predicted molar refractivity (Wildman–Crippen MR) is 108 cm³/mol. The van der Waals surface area contributed by atoms with E-state index in [1.807, 2.05) is 0 Å². The zero-order valence-electron chi connectivity index (χ0n) is 15.9. The minimum atomic E-state index is -4.01. The van der Waals surface area contributed by atoms with E-state index in [1.165, 1.54) is 38.3 Å². The summed E-state index contributed by atoms with van der Waals surface area (Å²) in [4.78, 5) is 19.4. The van der Waals surface area contributed by atoms with E-state index in [2.05, 4.69) is 20.0 Å². The maximum Gasteiger partial charge on any atom is 0.317 e. The van der Waals surface area contributed by atoms with Gasteiger partial charge in [0, 0.05) is 5.56 Å². The van der Waals surface area contributed by atoms with Crippen LogP contribution < -0.4 is 14.8 Å². The zero-order chi connectivity index (χ0) is 21.9. The lowest BCUT2D eigenvalue weighted by Crippen LogP contribution is -2.17. The number of carbonyl (C=O) groups excluding carboxylic acids is 1. The first-order valence-corrected chi connectivity index (χ1v) is 10.0. The Kier molecular flexibility index (Phi) is 5.74. The number of aryl methyl sites for hydroxylation is 1. The molecule has 0 radical (unpaired) electrons. The fraction of sp³-hybridized carbons (Fsp3) is 0.105. The number of para-hydroxylation sites is 2. The van der Waals surface area contributed by atoms with E-state index in [9.17, 15) is 23.4 Å². The zero-order valence-corrected chi connectivity index (χ0v) is 16.8. The fourth-order valence-electron chi connectivity index (χ4n) is 2.61. The van der Waals surface area contributed by atoms with E-state index in [4.69, 9.17) is 4.74 Å². The first-order chi connectivity index (χ1) is 14.2. The van der Waals surface area contributed by atoms with Gasteiger partial charge in [-0.2, -0.15) is 9.97 Å². The molecule has 3 rings (SSSR count). The third-order valence-corrected chi connectivity index (χ3v) is 5.42. The Balaban J connectivity index is 1.88. The summed E-state index contributed by atoms with van der Waals surface area (Å²) < 4.78 is 33.1. The second kappa shape index (κ2) is 8.25. The number of ether oxygens (including phenoxy) is 1. The smallest absolute Gasteiger partial charge is 0.317 e. The summed E-state index contributed by atoms with van der Waals surface area (Å²) in [7, 11) is -2.59. The number of carbonyl (C=O) groups is 1. The second-order valence-electron chi connectivity index (χ2n) is 6.10. The summed E-state index contributed by atoms with van der Waals surface area (Å²) in [5.41, 5.74) is 0.301. The van der Waals surface area contributed by atoms with E-state index in [-0.39, 0.29) is 27.5 Å². The number of nitrogens with zero attached hydrogens (tertiary/aromatic N) is 2. The normalized spacial score (nSPS) is 11.0. The summed E-state index contributed by atoms with van der Waals surface area (Å²) in [6, 6.07) is 11.2. The predicted octanol–water partition coefficient (Wildman–Crippen LogP) is 2.26. The molecule has 156 valence electrons. The number of aromatic hydroxyl groups is 2. The molecule has 0 aliphatic rings. The van der Waals surface area contributed by atoms with Gasteiger partial charge >= 0.3 is 6.01 Å². The Hall–Kier alpha value is -3.86. The van der Waals surface area contributed by atoms with Crippen molar-refractivity contribution in [2.45, 2.75) is 11.8 Å². The Labute approximate surface area is 172 Å². The van der Waals surface area contributed by atoms with E-state index in [1.54, 1.807) is 24.3 Å². The molecule has 30 heavy (non-hydrogen) atoms. The lowest BCUT2D eigenvalue weighted by molar-refractivity contribution is 0.102. The van der Waals surface area contributed by atoms with E-state index in [0.29, 0.717) is 5.75 Å². The molecule has 11 heteroatoms. The van der Waals surface area contributed by atoms with Crippen LogP contribution in [0.2, 0.25) is 0 Å². The number of anilines is 2. The number of rotatable bonds is 6. The van der Waals surface area contributed by atoms with Crippen molar-refractivity contribution < 1.29 is 28.2 Å². The average Bonchev–Trinajstić information content (AvgIpc) is 2.70. The molecule has 10 nitrogen and oxygen atoms in total. The average molecular weight is 430 g/mol. The van der Waals surface area contributed by atoms with Crippen LogP contribution in [0.5, 0.6) is 17.6 Å². The minimum absolute atomic E-state index is 0.0183. The van der Waals surface area contributed by atoms with Crippen LogP contribution in [0, 0.1) is 6.92 Å². The number of aromatic nitrogens is 2. The van der Waals surface area contributed by atoms with Crippen molar-refractivity contribution in [2.75, 3.05) is 17.1 Å². The van der Waals surface area contributed by atoms with Crippen LogP contribution in [0.15, 0.2) is 53.4 Å². The highest BCUT2D eigenvalue weighted by molar-refractivity contribution is 7.92. The van der Waals surface area contributed by atoms with Gasteiger partial charge in [0.15, 0.2) is 0 Å². The van der Waals surface area contributed by atoms with Crippen molar-refractivity contribution in [1.29, 1.82) is 0 Å². The van der Waals surface area contributed by atoms with Gasteiger partial charge in [0.25, 0.3) is 15.9 Å². The van der Waals surface area contributed by atoms with Gasteiger partial charge < -0.3 is 20.3 Å². The van der Waals surface area contributed by atoms with Crippen molar-refractivity contribution in [2.24, 2.45) is 0 Å². The molecule has 0 fully saturated rings. The van der Waals surface area contributed by atoms with Crippen molar-refractivity contribution in [1.82, 2.24) is 9.97 Å². The van der Waals surface area contributed by atoms with Gasteiger partial charge in [-0.15, -0.1) is 0 Å². The summed E-state index contributed by atoms with van der Waals surface area (Å²) in [5.74, 6) is -0.972. The Morgan fingerprint density at radius 3 is 2.50 bits per heavy atom. The van der Waals surface area contributed by atoms with Gasteiger partial charge in [-0.05, 0) is 37.3 Å². The van der Waals surface area contributed by atoms with Gasteiger partial charge in [0.1, 0.15) is 11.4 Å². The maximum absolute atomic E-state index is 12.8. The molecule has 0 saturated carbocycles. The number of methoxy groups -OCH3 is 1. The second-order valence-corrected chi connectivity index (χ2v) is 7.78. The quantitative estimate of drug-likeness (QED) is 0.465. The van der Waals surface area contributed by atoms with Crippen LogP contribution in [0.4, 0.5) is 11.4 Å². The summed E-state index contributed by atoms with van der Waals surface area (Å²) in [6.45, 7) is 1.45. The van der Waals surface area contributed by atoms with E-state index >= 15 is 0 Å². The molecule has 0 aliphatic heterocycles. The van der Waals surface area contributed by atoms with Gasteiger partial charge in [0.2, 0.25) is 5.88 Å². The van der Waals surface area contributed by atoms with Crippen molar-refractivity contribution in [3.63, 3.8) is 0 Å². The number of benzene rings is 2. The fourth-order valence-corrected chi connectivity index (χ4v) is 3.73. The highest BCUT2D eigenvalue weighted by Gasteiger charge is 2.20. The highest BCUT2D eigenvalue weighted by Crippen LogP contribution is 2.28. The number of hydrogen-bond acceptors (Lipinski definition) is 8. The van der Waals surface area contributed by atoms with Crippen LogP contribution >= 0.6 is 0 Å². The van der Waals surface area contributed by atoms with Gasteiger partial charge in [0.05, 0.1) is 23.4 Å². The van der Waals surface area contributed by atoms with E-state index in [0.717, 1.165) is 0 Å². The van der Waals surface area contributed by atoms with Gasteiger partial charge in [-0.25, -0.2) is 8.42 Å². The molecule has 1 heterocycles. The molecule has 1 aromatic heterocycles. The van der Waals surface area contributed by atoms with Crippen molar-refractivity contribution >= 4 is 27.3 Å². The lowest BCUT2D eigenvalue weighted by atomic mass is 10.2. The maximum atomic E-state index is 12.8. The molecule has 1 amide bonds. The SMILES string of the molecule is COc1ccccc1NS(=O)(=O)c1cccc(C(=O)Nc2c(C)nc(O)nc2O)c1. The van der Waals surface area contributed by atoms with Crippen LogP contribution in [-0.4, -0.2) is 41.6 Å². The van der Waals surface area contributed by atoms with Gasteiger partial charge in [-0.3, -0.25) is 9.52 Å². The number of hydrogen-bond donors (Lipinski definition) is 4. The first-order valence-electron chi connectivity index (χ1n) is 8.55. The molecule has 0 bridgehead atoms. The Bertz CT molecular complexity index is 1190. The molecule has 0 aliphatic carbocycles. The Morgan fingerprint density at radius 2 is 1.80 bits per heavy atom. The number of nitrogens with one attached hydrogen (secondary N) is 2. The standard InChI is InChI=1S/C19H18N4O6S/c1-11-16(18(25)22-19(26)20-11)21-17(24)12-6-5-7-13(10-12)30(27,28)23-14-8-3-4-9-15(14)29-2/h3-10,23H,1-2H3,(H,21,24)(H2,20,22,25,26). The van der Waals surface area contributed by atoms with Crippen LogP contribution in [0.3, 0.4) is 0 Å². The monoisotopic (exact) mass is 430 g/mol. The highest BCUT2D eigenvalue weighted by atomic mass is 32.2. The molecule has 0 unspecified atom stereocenters. The largest absolute Gasteiger partial charge is 0.495 e. The lowest BCUT2D eigenvalue weighted by Gasteiger charge is -2.13. The van der Waals surface area contributed by atoms with Crippen LogP contribution in [-0.2, 0) is 10.0 Å². The third-order valence-electron chi connectivity index (χ3n) is 4.06. The number of amides is 1. The van der Waals surface area contributed by atoms with Crippen molar-refractivity contribution in [3.8, 4) is 17.6 Å². The number of sulfonamides is 1. The van der Waals surface area contributed by atoms with Gasteiger partial charge in [-0.1, -0.05) is 18.2 Å². The van der Waals surface area contributed by atoms with Crippen molar-refractivity contribution in [3.05, 3.63) is 59.8 Å². The van der Waals surface area contributed by atoms with E-state index < -0.39 is 27.8 Å². The molecule has 0 atom stereocenters. The third kappa shape index (κ3) is 4.41. The molecule has 0 spiro atoms. The summed E-state index contributed by atoms with van der Waals surface area (Å²) in [6.07, 6.45) is 0. The molecule has 3 aromatic rings. The Morgan fingerprint density at radius 1 is 1.07 bits per heavy atom. The minimum Gasteiger partial charge on any atom is -0.495 e. The summed E-state index contributed by atoms with van der Waals surface area (Å²) in [5, 5.41) is 21.5.